The van der Waals surface area contributed by atoms with Gasteiger partial charge in [-0.1, -0.05) is 13.8 Å². The molecule has 1 N–H and O–H groups in total. The molecule has 3 heteroatoms. The van der Waals surface area contributed by atoms with Crippen molar-refractivity contribution in [3.63, 3.8) is 0 Å². The van der Waals surface area contributed by atoms with E-state index in [2.05, 4.69) is 31.0 Å². The van der Waals surface area contributed by atoms with Crippen molar-refractivity contribution >= 4 is 0 Å². The molecule has 1 rings (SSSR count). The van der Waals surface area contributed by atoms with Crippen molar-refractivity contribution in [2.24, 2.45) is 5.92 Å². The second kappa shape index (κ2) is 6.38. The summed E-state index contributed by atoms with van der Waals surface area (Å²) >= 11 is 0. The van der Waals surface area contributed by atoms with Gasteiger partial charge in [0.1, 0.15) is 0 Å². The summed E-state index contributed by atoms with van der Waals surface area (Å²) in [5.41, 5.74) is 0. The SMILES string of the molecule is CC(C)CNCCN1CCOC(C)C1. The lowest BCUT2D eigenvalue weighted by Gasteiger charge is -2.31. The van der Waals surface area contributed by atoms with Crippen molar-refractivity contribution in [2.45, 2.75) is 26.9 Å². The molecule has 0 spiro atoms. The fourth-order valence-corrected chi connectivity index (χ4v) is 1.72. The van der Waals surface area contributed by atoms with E-state index in [-0.39, 0.29) is 0 Å². The van der Waals surface area contributed by atoms with Gasteiger partial charge in [0.15, 0.2) is 0 Å². The van der Waals surface area contributed by atoms with E-state index < -0.39 is 0 Å². The van der Waals surface area contributed by atoms with E-state index in [1.54, 1.807) is 0 Å². The van der Waals surface area contributed by atoms with Crippen molar-refractivity contribution in [1.29, 1.82) is 0 Å². The molecule has 0 saturated carbocycles. The van der Waals surface area contributed by atoms with Crippen LogP contribution in [-0.2, 0) is 4.74 Å². The molecule has 0 aromatic rings. The molecule has 1 unspecified atom stereocenters. The predicted molar refractivity (Wildman–Crippen MR) is 59.6 cm³/mol. The van der Waals surface area contributed by atoms with Gasteiger partial charge in [-0.05, 0) is 19.4 Å². The van der Waals surface area contributed by atoms with Crippen molar-refractivity contribution in [3.8, 4) is 0 Å². The lowest BCUT2D eigenvalue weighted by atomic mass is 10.2. The van der Waals surface area contributed by atoms with Crippen LogP contribution in [0.25, 0.3) is 0 Å². The van der Waals surface area contributed by atoms with Gasteiger partial charge < -0.3 is 10.1 Å². The third-order valence-electron chi connectivity index (χ3n) is 2.48. The Kier molecular flexibility index (Phi) is 5.45. The second-order valence-corrected chi connectivity index (χ2v) is 4.58. The van der Waals surface area contributed by atoms with Crippen molar-refractivity contribution in [1.82, 2.24) is 10.2 Å². The van der Waals surface area contributed by atoms with Crippen molar-refractivity contribution in [2.75, 3.05) is 39.3 Å². The summed E-state index contributed by atoms with van der Waals surface area (Å²) in [6.45, 7) is 13.1. The molecule has 84 valence electrons. The smallest absolute Gasteiger partial charge is 0.0674 e. The number of ether oxygens (including phenoxy) is 1. The van der Waals surface area contributed by atoms with Crippen LogP contribution in [0.5, 0.6) is 0 Å². The van der Waals surface area contributed by atoms with Gasteiger partial charge in [0.2, 0.25) is 0 Å². The normalized spacial score (nSPS) is 24.4. The van der Waals surface area contributed by atoms with E-state index >= 15 is 0 Å². The van der Waals surface area contributed by atoms with Crippen molar-refractivity contribution in [3.05, 3.63) is 0 Å². The fourth-order valence-electron chi connectivity index (χ4n) is 1.72. The minimum Gasteiger partial charge on any atom is -0.376 e. The largest absolute Gasteiger partial charge is 0.376 e. The van der Waals surface area contributed by atoms with Gasteiger partial charge in [0.05, 0.1) is 12.7 Å². The van der Waals surface area contributed by atoms with Gasteiger partial charge >= 0.3 is 0 Å². The summed E-state index contributed by atoms with van der Waals surface area (Å²) < 4.78 is 5.49. The molecule has 1 fully saturated rings. The maximum absolute atomic E-state index is 5.49. The van der Waals surface area contributed by atoms with Crippen LogP contribution in [0.15, 0.2) is 0 Å². The molecule has 0 aliphatic carbocycles. The fraction of sp³-hybridized carbons (Fsp3) is 1.00. The first-order valence-electron chi connectivity index (χ1n) is 5.73. The molecule has 0 bridgehead atoms. The maximum Gasteiger partial charge on any atom is 0.0674 e. The third kappa shape index (κ3) is 4.94. The molecule has 3 nitrogen and oxygen atoms in total. The second-order valence-electron chi connectivity index (χ2n) is 4.58. The van der Waals surface area contributed by atoms with Gasteiger partial charge in [0, 0.05) is 26.2 Å². The Balaban J connectivity index is 2.00. The van der Waals surface area contributed by atoms with E-state index in [0.29, 0.717) is 6.10 Å². The van der Waals surface area contributed by atoms with Gasteiger partial charge in [0.25, 0.3) is 0 Å². The Hall–Kier alpha value is -0.120. The zero-order valence-electron chi connectivity index (χ0n) is 9.75. The molecule has 0 radical (unpaired) electrons. The lowest BCUT2D eigenvalue weighted by Crippen LogP contribution is -2.44. The minimum atomic E-state index is 0.411. The zero-order chi connectivity index (χ0) is 10.4. The highest BCUT2D eigenvalue weighted by Gasteiger charge is 2.15. The first-order chi connectivity index (χ1) is 6.68. The van der Waals surface area contributed by atoms with Crippen LogP contribution < -0.4 is 5.32 Å². The first kappa shape index (κ1) is 12.0. The Morgan fingerprint density at radius 1 is 1.50 bits per heavy atom. The number of morpholine rings is 1. The molecule has 14 heavy (non-hydrogen) atoms. The Bertz CT molecular complexity index is 150. The average molecular weight is 200 g/mol. The van der Waals surface area contributed by atoms with Crippen LogP contribution in [0.4, 0.5) is 0 Å². The van der Waals surface area contributed by atoms with Crippen LogP contribution in [-0.4, -0.2) is 50.3 Å². The topological polar surface area (TPSA) is 24.5 Å². The van der Waals surface area contributed by atoms with Gasteiger partial charge in [-0.2, -0.15) is 0 Å². The Morgan fingerprint density at radius 2 is 2.29 bits per heavy atom. The zero-order valence-corrected chi connectivity index (χ0v) is 9.75. The van der Waals surface area contributed by atoms with Gasteiger partial charge in [-0.15, -0.1) is 0 Å². The Labute approximate surface area is 87.8 Å². The van der Waals surface area contributed by atoms with E-state index in [0.717, 1.165) is 45.2 Å². The van der Waals surface area contributed by atoms with E-state index in [4.69, 9.17) is 4.74 Å². The number of hydrogen-bond acceptors (Lipinski definition) is 3. The van der Waals surface area contributed by atoms with Crippen molar-refractivity contribution < 1.29 is 4.74 Å². The van der Waals surface area contributed by atoms with Crippen LogP contribution in [0.3, 0.4) is 0 Å². The summed E-state index contributed by atoms with van der Waals surface area (Å²) in [6.07, 6.45) is 0.411. The minimum absolute atomic E-state index is 0.411. The molecule has 0 aromatic carbocycles. The number of rotatable bonds is 5. The first-order valence-corrected chi connectivity index (χ1v) is 5.73. The molecule has 0 aromatic heterocycles. The molecule has 1 aliphatic rings. The molecular formula is C11H24N2O. The van der Waals surface area contributed by atoms with E-state index in [9.17, 15) is 0 Å². The average Bonchev–Trinajstić information content (AvgIpc) is 2.12. The Morgan fingerprint density at radius 3 is 2.93 bits per heavy atom. The number of nitrogens with zero attached hydrogens (tertiary/aromatic N) is 1. The van der Waals surface area contributed by atoms with Crippen LogP contribution in [0.2, 0.25) is 0 Å². The summed E-state index contributed by atoms with van der Waals surface area (Å²) in [4.78, 5) is 2.47. The summed E-state index contributed by atoms with van der Waals surface area (Å²) in [7, 11) is 0. The molecule has 1 saturated heterocycles. The summed E-state index contributed by atoms with van der Waals surface area (Å²) in [5.74, 6) is 0.749. The highest BCUT2D eigenvalue weighted by molar-refractivity contribution is 4.68. The highest BCUT2D eigenvalue weighted by Crippen LogP contribution is 2.02. The number of nitrogens with one attached hydrogen (secondary N) is 1. The molecule has 1 aliphatic heterocycles. The molecule has 1 atom stereocenters. The standard InChI is InChI=1S/C11H24N2O/c1-10(2)8-12-4-5-13-6-7-14-11(3)9-13/h10-12H,4-9H2,1-3H3. The van der Waals surface area contributed by atoms with Crippen LogP contribution in [0, 0.1) is 5.92 Å². The van der Waals surface area contributed by atoms with Crippen LogP contribution in [0.1, 0.15) is 20.8 Å². The van der Waals surface area contributed by atoms with Gasteiger partial charge in [-0.3, -0.25) is 4.90 Å². The molecule has 0 amide bonds. The molecule has 1 heterocycles. The highest BCUT2D eigenvalue weighted by atomic mass is 16.5. The summed E-state index contributed by atoms with van der Waals surface area (Å²) in [5, 5.41) is 3.46. The van der Waals surface area contributed by atoms with E-state index in [1.165, 1.54) is 0 Å². The van der Waals surface area contributed by atoms with Gasteiger partial charge in [-0.25, -0.2) is 0 Å². The van der Waals surface area contributed by atoms with E-state index in [1.807, 2.05) is 0 Å². The quantitative estimate of drug-likeness (QED) is 0.669. The predicted octanol–water partition coefficient (Wildman–Crippen LogP) is 0.953. The maximum atomic E-state index is 5.49. The monoisotopic (exact) mass is 200 g/mol. The summed E-state index contributed by atoms with van der Waals surface area (Å²) in [6, 6.07) is 0. The van der Waals surface area contributed by atoms with Crippen LogP contribution >= 0.6 is 0 Å². The number of hydrogen-bond donors (Lipinski definition) is 1. The molecular weight excluding hydrogens is 176 g/mol. The lowest BCUT2D eigenvalue weighted by molar-refractivity contribution is -0.0176. The third-order valence-corrected chi connectivity index (χ3v) is 2.48.